The molecule has 0 radical (unpaired) electrons. The van der Waals surface area contributed by atoms with Crippen molar-refractivity contribution >= 4 is 0 Å². The standard InChI is InChI=1S/C16H30N2/c1-3-13-6-4-5-7-15(13)18-11-10-17-16(2,12-18)14-8-9-14/h13-15,17H,3-12H2,1-2H3. The van der Waals surface area contributed by atoms with Gasteiger partial charge in [-0.3, -0.25) is 4.90 Å². The molecule has 0 aromatic heterocycles. The van der Waals surface area contributed by atoms with Gasteiger partial charge in [0.25, 0.3) is 0 Å². The molecule has 0 aromatic rings. The summed E-state index contributed by atoms with van der Waals surface area (Å²) in [4.78, 5) is 2.85. The third kappa shape index (κ3) is 2.46. The Kier molecular flexibility index (Phi) is 3.68. The molecule has 18 heavy (non-hydrogen) atoms. The Morgan fingerprint density at radius 3 is 2.67 bits per heavy atom. The first-order valence-corrected chi connectivity index (χ1v) is 8.22. The number of hydrogen-bond acceptors (Lipinski definition) is 2. The van der Waals surface area contributed by atoms with Crippen molar-refractivity contribution in [1.82, 2.24) is 10.2 Å². The average molecular weight is 250 g/mol. The van der Waals surface area contributed by atoms with Crippen LogP contribution in [0.4, 0.5) is 0 Å². The van der Waals surface area contributed by atoms with Gasteiger partial charge in [0.15, 0.2) is 0 Å². The van der Waals surface area contributed by atoms with Gasteiger partial charge in [0.05, 0.1) is 0 Å². The zero-order valence-corrected chi connectivity index (χ0v) is 12.3. The highest BCUT2D eigenvalue weighted by Gasteiger charge is 2.45. The lowest BCUT2D eigenvalue weighted by atomic mass is 9.80. The van der Waals surface area contributed by atoms with E-state index < -0.39 is 0 Å². The zero-order chi connectivity index (χ0) is 12.6. The lowest BCUT2D eigenvalue weighted by molar-refractivity contribution is 0.0406. The predicted octanol–water partition coefficient (Wildman–Crippen LogP) is 3.03. The van der Waals surface area contributed by atoms with E-state index in [4.69, 9.17) is 0 Å². The van der Waals surface area contributed by atoms with Crippen molar-refractivity contribution in [3.05, 3.63) is 0 Å². The number of nitrogens with one attached hydrogen (secondary N) is 1. The molecule has 1 N–H and O–H groups in total. The first-order chi connectivity index (χ1) is 8.73. The van der Waals surface area contributed by atoms with Crippen molar-refractivity contribution in [2.45, 2.75) is 70.4 Å². The molecule has 2 heteroatoms. The molecule has 1 aliphatic heterocycles. The van der Waals surface area contributed by atoms with Crippen molar-refractivity contribution < 1.29 is 0 Å². The Morgan fingerprint density at radius 2 is 1.94 bits per heavy atom. The Balaban J connectivity index is 1.67. The van der Waals surface area contributed by atoms with Gasteiger partial charge in [-0.1, -0.05) is 26.2 Å². The molecule has 2 aliphatic carbocycles. The summed E-state index contributed by atoms with van der Waals surface area (Å²) < 4.78 is 0. The SMILES string of the molecule is CCC1CCCCC1N1CCNC(C)(C2CC2)C1. The van der Waals surface area contributed by atoms with Crippen LogP contribution in [0.1, 0.15) is 58.8 Å². The third-order valence-corrected chi connectivity index (χ3v) is 5.80. The predicted molar refractivity (Wildman–Crippen MR) is 76.7 cm³/mol. The fourth-order valence-electron chi connectivity index (χ4n) is 4.46. The number of nitrogens with zero attached hydrogens (tertiary/aromatic N) is 1. The van der Waals surface area contributed by atoms with Gasteiger partial charge in [-0.25, -0.2) is 0 Å². The Hall–Kier alpha value is -0.0800. The highest BCUT2D eigenvalue weighted by Crippen LogP contribution is 2.42. The summed E-state index contributed by atoms with van der Waals surface area (Å²) in [6, 6.07) is 0.893. The summed E-state index contributed by atoms with van der Waals surface area (Å²) >= 11 is 0. The normalized spacial score (nSPS) is 43.0. The van der Waals surface area contributed by atoms with Crippen LogP contribution in [0.3, 0.4) is 0 Å². The molecule has 3 atom stereocenters. The molecule has 0 aromatic carbocycles. The third-order valence-electron chi connectivity index (χ3n) is 5.80. The fraction of sp³-hybridized carbons (Fsp3) is 1.00. The molecule has 2 saturated carbocycles. The summed E-state index contributed by atoms with van der Waals surface area (Å²) in [5, 5.41) is 3.82. The minimum atomic E-state index is 0.425. The highest BCUT2D eigenvalue weighted by molar-refractivity contribution is 5.03. The second-order valence-electron chi connectivity index (χ2n) is 7.11. The summed E-state index contributed by atoms with van der Waals surface area (Å²) in [5.41, 5.74) is 0.425. The lowest BCUT2D eigenvalue weighted by Gasteiger charge is -2.48. The molecule has 3 aliphatic rings. The maximum absolute atomic E-state index is 3.82. The molecule has 0 spiro atoms. The molecule has 0 amide bonds. The van der Waals surface area contributed by atoms with E-state index >= 15 is 0 Å². The van der Waals surface area contributed by atoms with E-state index in [1.165, 1.54) is 64.6 Å². The molecule has 1 heterocycles. The summed E-state index contributed by atoms with van der Waals surface area (Å²) in [6.07, 6.45) is 10.2. The first-order valence-electron chi connectivity index (χ1n) is 8.22. The first kappa shape index (κ1) is 12.9. The van der Waals surface area contributed by atoms with Crippen LogP contribution >= 0.6 is 0 Å². The van der Waals surface area contributed by atoms with Crippen molar-refractivity contribution in [3.63, 3.8) is 0 Å². The summed E-state index contributed by atoms with van der Waals surface area (Å²) in [7, 11) is 0. The van der Waals surface area contributed by atoms with Gasteiger partial charge in [0.1, 0.15) is 0 Å². The van der Waals surface area contributed by atoms with Crippen molar-refractivity contribution in [2.75, 3.05) is 19.6 Å². The topological polar surface area (TPSA) is 15.3 Å². The quantitative estimate of drug-likeness (QED) is 0.828. The van der Waals surface area contributed by atoms with Gasteiger partial charge in [-0.15, -0.1) is 0 Å². The number of hydrogen-bond donors (Lipinski definition) is 1. The van der Waals surface area contributed by atoms with Crippen LogP contribution < -0.4 is 5.32 Å². The second kappa shape index (κ2) is 5.13. The molecule has 3 rings (SSSR count). The Morgan fingerprint density at radius 1 is 1.17 bits per heavy atom. The van der Waals surface area contributed by atoms with Crippen LogP contribution in [0.15, 0.2) is 0 Å². The summed E-state index contributed by atoms with van der Waals surface area (Å²) in [5.74, 6) is 1.93. The Labute approximate surface area is 113 Å². The van der Waals surface area contributed by atoms with E-state index in [0.29, 0.717) is 5.54 Å². The van der Waals surface area contributed by atoms with E-state index in [1.807, 2.05) is 0 Å². The van der Waals surface area contributed by atoms with Crippen LogP contribution in [0, 0.1) is 11.8 Å². The van der Waals surface area contributed by atoms with E-state index in [2.05, 4.69) is 24.1 Å². The van der Waals surface area contributed by atoms with Crippen LogP contribution in [-0.4, -0.2) is 36.1 Å². The molecular weight excluding hydrogens is 220 g/mol. The van der Waals surface area contributed by atoms with E-state index in [-0.39, 0.29) is 0 Å². The lowest BCUT2D eigenvalue weighted by Crippen LogP contribution is -2.63. The fourth-order valence-corrected chi connectivity index (χ4v) is 4.46. The van der Waals surface area contributed by atoms with Crippen LogP contribution in [-0.2, 0) is 0 Å². The molecule has 3 unspecified atom stereocenters. The van der Waals surface area contributed by atoms with E-state index in [1.54, 1.807) is 0 Å². The maximum Gasteiger partial charge on any atom is 0.0309 e. The van der Waals surface area contributed by atoms with Crippen molar-refractivity contribution in [2.24, 2.45) is 11.8 Å². The zero-order valence-electron chi connectivity index (χ0n) is 12.3. The van der Waals surface area contributed by atoms with E-state index in [0.717, 1.165) is 17.9 Å². The average Bonchev–Trinajstić information content (AvgIpc) is 3.23. The van der Waals surface area contributed by atoms with Gasteiger partial charge in [0.2, 0.25) is 0 Å². The van der Waals surface area contributed by atoms with Gasteiger partial charge < -0.3 is 5.32 Å². The largest absolute Gasteiger partial charge is 0.309 e. The second-order valence-corrected chi connectivity index (χ2v) is 7.11. The van der Waals surface area contributed by atoms with Crippen LogP contribution in [0.25, 0.3) is 0 Å². The van der Waals surface area contributed by atoms with E-state index in [9.17, 15) is 0 Å². The van der Waals surface area contributed by atoms with Crippen molar-refractivity contribution in [3.8, 4) is 0 Å². The molecule has 3 fully saturated rings. The maximum atomic E-state index is 3.82. The van der Waals surface area contributed by atoms with Gasteiger partial charge >= 0.3 is 0 Å². The number of piperazine rings is 1. The highest BCUT2D eigenvalue weighted by atomic mass is 15.3. The van der Waals surface area contributed by atoms with Crippen molar-refractivity contribution in [1.29, 1.82) is 0 Å². The molecule has 0 bridgehead atoms. The van der Waals surface area contributed by atoms with Gasteiger partial charge in [0, 0.05) is 31.2 Å². The molecular formula is C16H30N2. The van der Waals surface area contributed by atoms with Crippen LogP contribution in [0.5, 0.6) is 0 Å². The Bertz CT molecular complexity index is 287. The molecule has 2 nitrogen and oxygen atoms in total. The summed E-state index contributed by atoms with van der Waals surface area (Å²) in [6.45, 7) is 8.66. The van der Waals surface area contributed by atoms with Gasteiger partial charge in [-0.2, -0.15) is 0 Å². The number of rotatable bonds is 3. The monoisotopic (exact) mass is 250 g/mol. The van der Waals surface area contributed by atoms with Gasteiger partial charge in [-0.05, 0) is 44.4 Å². The smallest absolute Gasteiger partial charge is 0.0309 e. The minimum absolute atomic E-state index is 0.425. The minimum Gasteiger partial charge on any atom is -0.309 e. The molecule has 104 valence electrons. The molecule has 1 saturated heterocycles. The van der Waals surface area contributed by atoms with Crippen LogP contribution in [0.2, 0.25) is 0 Å².